The number of carbonyl (C=O) groups excluding carboxylic acids is 2. The molecule has 4 rings (SSSR count). The number of aryl methyl sites for hydroxylation is 2. The summed E-state index contributed by atoms with van der Waals surface area (Å²) < 4.78 is 21.5. The third-order valence-corrected chi connectivity index (χ3v) is 5.70. The molecule has 1 N–H and O–H groups in total. The normalized spacial score (nSPS) is 17.2. The molecule has 1 aliphatic heterocycles. The summed E-state index contributed by atoms with van der Waals surface area (Å²) in [6, 6.07) is 10.6. The minimum Gasteiger partial charge on any atom is -0.507 e. The van der Waals surface area contributed by atoms with Crippen LogP contribution in [0.1, 0.15) is 28.5 Å². The number of hydrogen-bond acceptors (Lipinski definition) is 8. The minimum atomic E-state index is -1.04. The van der Waals surface area contributed by atoms with Crippen LogP contribution in [0.15, 0.2) is 52.6 Å². The average molecular weight is 464 g/mol. The molecule has 0 spiro atoms. The third kappa shape index (κ3) is 3.64. The van der Waals surface area contributed by atoms with Gasteiger partial charge in [0, 0.05) is 17.2 Å². The Labute approximate surface area is 196 Å². The van der Waals surface area contributed by atoms with Gasteiger partial charge in [-0.15, -0.1) is 0 Å². The van der Waals surface area contributed by atoms with Crippen LogP contribution in [-0.2, 0) is 9.59 Å². The number of aliphatic hydroxyl groups is 1. The monoisotopic (exact) mass is 464 g/mol. The second kappa shape index (κ2) is 8.93. The predicted molar refractivity (Wildman–Crippen MR) is 123 cm³/mol. The molecule has 0 aliphatic carbocycles. The lowest BCUT2D eigenvalue weighted by Gasteiger charge is -2.25. The van der Waals surface area contributed by atoms with Gasteiger partial charge in [0.05, 0.1) is 26.9 Å². The highest BCUT2D eigenvalue weighted by molar-refractivity contribution is 6.51. The molecule has 2 aromatic carbocycles. The molecule has 1 atom stereocenters. The van der Waals surface area contributed by atoms with E-state index in [0.29, 0.717) is 34.1 Å². The van der Waals surface area contributed by atoms with Crippen LogP contribution in [0, 0.1) is 13.8 Å². The number of anilines is 1. The number of rotatable bonds is 6. The minimum absolute atomic E-state index is 0.109. The largest absolute Gasteiger partial charge is 0.507 e. The molecule has 176 valence electrons. The van der Waals surface area contributed by atoms with Gasteiger partial charge in [-0.3, -0.25) is 14.5 Å². The average Bonchev–Trinajstić information content (AvgIpc) is 3.38. The van der Waals surface area contributed by atoms with E-state index in [0.717, 1.165) is 5.56 Å². The number of amides is 1. The first-order valence-electron chi connectivity index (χ1n) is 10.4. The zero-order valence-corrected chi connectivity index (χ0v) is 19.4. The number of nitrogens with zero attached hydrogens (tertiary/aromatic N) is 2. The maximum Gasteiger partial charge on any atom is 0.301 e. The predicted octanol–water partition coefficient (Wildman–Crippen LogP) is 3.94. The van der Waals surface area contributed by atoms with Crippen LogP contribution in [0.25, 0.3) is 5.76 Å². The summed E-state index contributed by atoms with van der Waals surface area (Å²) in [6.45, 7) is 3.49. The van der Waals surface area contributed by atoms with Crippen molar-refractivity contribution in [1.29, 1.82) is 0 Å². The lowest BCUT2D eigenvalue weighted by molar-refractivity contribution is -0.132. The van der Waals surface area contributed by atoms with Gasteiger partial charge in [0.2, 0.25) is 0 Å². The number of ether oxygens (including phenoxy) is 3. The molecule has 0 bridgehead atoms. The number of Topliss-reactive ketones (excluding diaryl/α,β-unsaturated/α-hetero) is 1. The molecule has 1 aliphatic rings. The summed E-state index contributed by atoms with van der Waals surface area (Å²) in [5.41, 5.74) is 1.44. The van der Waals surface area contributed by atoms with Gasteiger partial charge >= 0.3 is 5.91 Å². The van der Waals surface area contributed by atoms with E-state index >= 15 is 0 Å². The van der Waals surface area contributed by atoms with Crippen molar-refractivity contribution in [2.45, 2.75) is 19.9 Å². The molecule has 9 heteroatoms. The van der Waals surface area contributed by atoms with Crippen LogP contribution >= 0.6 is 0 Å². The maximum absolute atomic E-state index is 13.3. The molecule has 1 amide bonds. The van der Waals surface area contributed by atoms with Crippen molar-refractivity contribution >= 4 is 23.3 Å². The van der Waals surface area contributed by atoms with Gasteiger partial charge in [-0.2, -0.15) is 0 Å². The number of hydrogen-bond donors (Lipinski definition) is 1. The van der Waals surface area contributed by atoms with Crippen LogP contribution in [-0.4, -0.2) is 43.3 Å². The van der Waals surface area contributed by atoms with E-state index in [-0.39, 0.29) is 17.2 Å². The lowest BCUT2D eigenvalue weighted by Crippen LogP contribution is -2.30. The van der Waals surface area contributed by atoms with E-state index in [4.69, 9.17) is 18.7 Å². The topological polar surface area (TPSA) is 111 Å². The Morgan fingerprint density at radius 3 is 2.32 bits per heavy atom. The first kappa shape index (κ1) is 22.9. The summed E-state index contributed by atoms with van der Waals surface area (Å²) >= 11 is 0. The molecule has 1 aromatic heterocycles. The summed E-state index contributed by atoms with van der Waals surface area (Å²) in [5.74, 6) is -0.0983. The van der Waals surface area contributed by atoms with E-state index in [1.54, 1.807) is 56.5 Å². The Hall–Kier alpha value is -4.27. The standard InChI is InChI=1S/C25H24N2O7/c1-13-11-15(9-10-17(13)31-3)22(28)20-21(16-7-6-8-18(32-4)24(16)33-5)27(25(30)23(20)29)19-12-14(2)34-26-19/h6-12,21,28H,1-5H3/b22-20+/t21-/m1/s1. The third-order valence-electron chi connectivity index (χ3n) is 5.70. The zero-order chi connectivity index (χ0) is 24.6. The van der Waals surface area contributed by atoms with Gasteiger partial charge in [-0.25, -0.2) is 0 Å². The summed E-state index contributed by atoms with van der Waals surface area (Å²) in [6.07, 6.45) is 0. The van der Waals surface area contributed by atoms with Crippen molar-refractivity contribution < 1.29 is 33.4 Å². The summed E-state index contributed by atoms with van der Waals surface area (Å²) in [5, 5.41) is 15.3. The molecule has 3 aromatic rings. The number of benzene rings is 2. The molecule has 1 fully saturated rings. The highest BCUT2D eigenvalue weighted by Gasteiger charge is 2.49. The Morgan fingerprint density at radius 1 is 1.00 bits per heavy atom. The fourth-order valence-corrected chi connectivity index (χ4v) is 4.14. The number of methoxy groups -OCH3 is 3. The van der Waals surface area contributed by atoms with Crippen LogP contribution in [0.4, 0.5) is 5.82 Å². The maximum atomic E-state index is 13.3. The highest BCUT2D eigenvalue weighted by Crippen LogP contribution is 2.47. The highest BCUT2D eigenvalue weighted by atomic mass is 16.5. The number of para-hydroxylation sites is 1. The Kier molecular flexibility index (Phi) is 6.02. The molecular weight excluding hydrogens is 440 g/mol. The van der Waals surface area contributed by atoms with Gasteiger partial charge in [0.1, 0.15) is 23.3 Å². The van der Waals surface area contributed by atoms with E-state index in [1.807, 2.05) is 6.92 Å². The molecule has 0 saturated carbocycles. The molecule has 0 radical (unpaired) electrons. The molecule has 34 heavy (non-hydrogen) atoms. The number of ketones is 1. The molecular formula is C25H24N2O7. The first-order chi connectivity index (χ1) is 16.3. The van der Waals surface area contributed by atoms with Gasteiger partial charge in [0.15, 0.2) is 17.3 Å². The van der Waals surface area contributed by atoms with Crippen LogP contribution in [0.2, 0.25) is 0 Å². The van der Waals surface area contributed by atoms with Gasteiger partial charge in [0.25, 0.3) is 5.78 Å². The number of carbonyl (C=O) groups is 2. The molecule has 2 heterocycles. The Bertz CT molecular complexity index is 1310. The van der Waals surface area contributed by atoms with Crippen LogP contribution in [0.5, 0.6) is 17.2 Å². The fraction of sp³-hybridized carbons (Fsp3) is 0.240. The quantitative estimate of drug-likeness (QED) is 0.332. The first-order valence-corrected chi connectivity index (χ1v) is 10.4. The Morgan fingerprint density at radius 2 is 1.74 bits per heavy atom. The van der Waals surface area contributed by atoms with Crippen molar-refractivity contribution in [2.75, 3.05) is 26.2 Å². The molecule has 1 saturated heterocycles. The molecule has 9 nitrogen and oxygen atoms in total. The zero-order valence-electron chi connectivity index (χ0n) is 19.4. The SMILES string of the molecule is COc1ccc(/C(O)=C2\C(=O)C(=O)N(c3cc(C)on3)[C@@H]2c2cccc(OC)c2OC)cc1C. The number of aromatic nitrogens is 1. The second-order valence-electron chi connectivity index (χ2n) is 7.73. The van der Waals surface area contributed by atoms with Crippen molar-refractivity contribution in [1.82, 2.24) is 5.16 Å². The van der Waals surface area contributed by atoms with Crippen molar-refractivity contribution in [2.24, 2.45) is 0 Å². The van der Waals surface area contributed by atoms with E-state index in [2.05, 4.69) is 5.16 Å². The van der Waals surface area contributed by atoms with E-state index in [1.165, 1.54) is 19.1 Å². The van der Waals surface area contributed by atoms with Crippen molar-refractivity contribution in [3.63, 3.8) is 0 Å². The second-order valence-corrected chi connectivity index (χ2v) is 7.73. The van der Waals surface area contributed by atoms with Crippen LogP contribution in [0.3, 0.4) is 0 Å². The Balaban J connectivity index is 2.00. The smallest absolute Gasteiger partial charge is 0.301 e. The van der Waals surface area contributed by atoms with Crippen molar-refractivity contribution in [3.8, 4) is 17.2 Å². The summed E-state index contributed by atoms with van der Waals surface area (Å²) in [4.78, 5) is 27.7. The molecule has 0 unspecified atom stereocenters. The van der Waals surface area contributed by atoms with Crippen LogP contribution < -0.4 is 19.1 Å². The van der Waals surface area contributed by atoms with Gasteiger partial charge < -0.3 is 23.8 Å². The van der Waals surface area contributed by atoms with Crippen molar-refractivity contribution in [3.05, 3.63) is 70.5 Å². The fourth-order valence-electron chi connectivity index (χ4n) is 4.14. The number of aliphatic hydroxyl groups excluding tert-OH is 1. The van der Waals surface area contributed by atoms with Gasteiger partial charge in [-0.1, -0.05) is 17.3 Å². The van der Waals surface area contributed by atoms with Gasteiger partial charge in [-0.05, 0) is 43.7 Å². The van der Waals surface area contributed by atoms with E-state index < -0.39 is 17.7 Å². The lowest BCUT2D eigenvalue weighted by atomic mass is 9.94. The summed E-state index contributed by atoms with van der Waals surface area (Å²) in [7, 11) is 4.49. The van der Waals surface area contributed by atoms with E-state index in [9.17, 15) is 14.7 Å².